The monoisotopic (exact) mass is 488 g/mol. The minimum atomic E-state index is -0.257. The maximum atomic E-state index is 13.4. The molecule has 3 aromatic rings. The molecule has 0 saturated heterocycles. The van der Waals surface area contributed by atoms with Gasteiger partial charge in [0, 0.05) is 23.6 Å². The van der Waals surface area contributed by atoms with Gasteiger partial charge in [-0.15, -0.1) is 0 Å². The zero-order valence-corrected chi connectivity index (χ0v) is 22.9. The van der Waals surface area contributed by atoms with Crippen LogP contribution >= 0.6 is 0 Å². The van der Waals surface area contributed by atoms with E-state index in [4.69, 9.17) is 5.10 Å². The molecule has 0 saturated carbocycles. The van der Waals surface area contributed by atoms with E-state index < -0.39 is 0 Å². The molecular formula is C30H40N4O2. The second-order valence-corrected chi connectivity index (χ2v) is 11.9. The molecule has 36 heavy (non-hydrogen) atoms. The second-order valence-electron chi connectivity index (χ2n) is 11.9. The van der Waals surface area contributed by atoms with Crippen molar-refractivity contribution >= 4 is 17.6 Å². The van der Waals surface area contributed by atoms with E-state index in [9.17, 15) is 9.59 Å². The highest BCUT2D eigenvalue weighted by Crippen LogP contribution is 2.26. The Hall–Kier alpha value is -3.41. The predicted octanol–water partition coefficient (Wildman–Crippen LogP) is 6.20. The molecule has 1 heterocycles. The maximum absolute atomic E-state index is 13.4. The van der Waals surface area contributed by atoms with Crippen LogP contribution in [-0.4, -0.2) is 39.6 Å². The highest BCUT2D eigenvalue weighted by Gasteiger charge is 2.24. The van der Waals surface area contributed by atoms with Gasteiger partial charge in [-0.25, -0.2) is 4.68 Å². The number of amides is 2. The van der Waals surface area contributed by atoms with E-state index in [0.29, 0.717) is 17.9 Å². The summed E-state index contributed by atoms with van der Waals surface area (Å²) in [6, 6.07) is 19.3. The van der Waals surface area contributed by atoms with Gasteiger partial charge < -0.3 is 10.2 Å². The van der Waals surface area contributed by atoms with Crippen molar-refractivity contribution in [1.29, 1.82) is 0 Å². The molecule has 2 amide bonds. The highest BCUT2D eigenvalue weighted by atomic mass is 16.2. The van der Waals surface area contributed by atoms with Crippen molar-refractivity contribution in [3.8, 4) is 5.69 Å². The van der Waals surface area contributed by atoms with E-state index in [0.717, 1.165) is 16.9 Å². The topological polar surface area (TPSA) is 67.2 Å². The number of aromatic nitrogens is 2. The van der Waals surface area contributed by atoms with Crippen LogP contribution in [0.2, 0.25) is 0 Å². The molecule has 0 fully saturated rings. The number of para-hydroxylation sites is 1. The van der Waals surface area contributed by atoms with Crippen molar-refractivity contribution in [2.24, 2.45) is 5.92 Å². The maximum Gasteiger partial charge on any atom is 0.254 e. The van der Waals surface area contributed by atoms with Crippen LogP contribution < -0.4 is 5.32 Å². The number of rotatable bonds is 7. The summed E-state index contributed by atoms with van der Waals surface area (Å²) in [6.45, 7) is 17.2. The van der Waals surface area contributed by atoms with Gasteiger partial charge in [0.25, 0.3) is 5.91 Å². The summed E-state index contributed by atoms with van der Waals surface area (Å²) in [7, 11) is 0. The summed E-state index contributed by atoms with van der Waals surface area (Å²) >= 11 is 0. The number of carbonyl (C=O) groups excluding carboxylic acids is 2. The average Bonchev–Trinajstić information content (AvgIpc) is 3.22. The van der Waals surface area contributed by atoms with Gasteiger partial charge in [-0.2, -0.15) is 5.10 Å². The first kappa shape index (κ1) is 27.2. The Morgan fingerprint density at radius 3 is 2.06 bits per heavy atom. The van der Waals surface area contributed by atoms with Gasteiger partial charge in [0.1, 0.15) is 12.4 Å². The van der Waals surface area contributed by atoms with Crippen LogP contribution in [0.3, 0.4) is 0 Å². The first-order valence-corrected chi connectivity index (χ1v) is 12.6. The van der Waals surface area contributed by atoms with Crippen molar-refractivity contribution in [3.05, 3.63) is 77.5 Å². The predicted molar refractivity (Wildman–Crippen MR) is 147 cm³/mol. The molecule has 0 spiro atoms. The molecule has 0 aliphatic heterocycles. The Kier molecular flexibility index (Phi) is 8.07. The molecule has 0 aliphatic rings. The summed E-state index contributed by atoms with van der Waals surface area (Å²) in [5.41, 5.74) is 3.30. The van der Waals surface area contributed by atoms with Gasteiger partial charge in [-0.1, -0.05) is 85.7 Å². The number of hydrogen-bond acceptors (Lipinski definition) is 3. The quantitative estimate of drug-likeness (QED) is 0.430. The van der Waals surface area contributed by atoms with Crippen molar-refractivity contribution in [2.45, 2.75) is 66.2 Å². The van der Waals surface area contributed by atoms with E-state index >= 15 is 0 Å². The lowest BCUT2D eigenvalue weighted by Crippen LogP contribution is -2.40. The lowest BCUT2D eigenvalue weighted by molar-refractivity contribution is -0.117. The standard InChI is InChI=1S/C30H40N4O2/c1-21(2)19-33(28(36)22-14-16-23(17-15-22)29(3,4)5)20-27(35)31-26-18-25(30(6,7)8)32-34(26)24-12-10-9-11-13-24/h9-18,21H,19-20H2,1-8H3,(H,31,35). The SMILES string of the molecule is CC(C)CN(CC(=O)Nc1cc(C(C)(C)C)nn1-c1ccccc1)C(=O)c1ccc(C(C)(C)C)cc1. The fourth-order valence-corrected chi connectivity index (χ4v) is 3.91. The van der Waals surface area contributed by atoms with Crippen LogP contribution in [0.15, 0.2) is 60.7 Å². The molecule has 0 bridgehead atoms. The number of nitrogens with zero attached hydrogens (tertiary/aromatic N) is 3. The molecule has 2 aromatic carbocycles. The van der Waals surface area contributed by atoms with Crippen molar-refractivity contribution in [3.63, 3.8) is 0 Å². The zero-order chi connectivity index (χ0) is 26.7. The molecule has 0 unspecified atom stereocenters. The van der Waals surface area contributed by atoms with Gasteiger partial charge >= 0.3 is 0 Å². The third-order valence-corrected chi connectivity index (χ3v) is 5.95. The molecule has 1 aromatic heterocycles. The Morgan fingerprint density at radius 2 is 1.53 bits per heavy atom. The molecular weight excluding hydrogens is 448 g/mol. The van der Waals surface area contributed by atoms with Crippen LogP contribution in [0, 0.1) is 5.92 Å². The van der Waals surface area contributed by atoms with Crippen LogP contribution in [0.4, 0.5) is 5.82 Å². The zero-order valence-electron chi connectivity index (χ0n) is 22.9. The minimum Gasteiger partial charge on any atom is -0.329 e. The van der Waals surface area contributed by atoms with Crippen LogP contribution in [0.25, 0.3) is 5.69 Å². The normalized spacial score (nSPS) is 12.0. The fraction of sp³-hybridized carbons (Fsp3) is 0.433. The van der Waals surface area contributed by atoms with E-state index in [2.05, 4.69) is 46.9 Å². The first-order chi connectivity index (χ1) is 16.8. The summed E-state index contributed by atoms with van der Waals surface area (Å²) in [5.74, 6) is 0.402. The van der Waals surface area contributed by atoms with Gasteiger partial charge in [0.2, 0.25) is 5.91 Å². The smallest absolute Gasteiger partial charge is 0.254 e. The Balaban J connectivity index is 1.84. The second kappa shape index (κ2) is 10.7. The van der Waals surface area contributed by atoms with Gasteiger partial charge in [0.15, 0.2) is 0 Å². The molecule has 6 nitrogen and oxygen atoms in total. The highest BCUT2D eigenvalue weighted by molar-refractivity contribution is 5.99. The fourth-order valence-electron chi connectivity index (χ4n) is 3.91. The number of anilines is 1. The lowest BCUT2D eigenvalue weighted by Gasteiger charge is -2.25. The molecule has 0 aliphatic carbocycles. The third kappa shape index (κ3) is 6.84. The molecule has 192 valence electrons. The Bertz CT molecular complexity index is 1180. The first-order valence-electron chi connectivity index (χ1n) is 12.6. The third-order valence-electron chi connectivity index (χ3n) is 5.95. The van der Waals surface area contributed by atoms with Crippen LogP contribution in [0.1, 0.15) is 77.0 Å². The van der Waals surface area contributed by atoms with Crippen molar-refractivity contribution in [1.82, 2.24) is 14.7 Å². The summed E-state index contributed by atoms with van der Waals surface area (Å²) in [4.78, 5) is 28.2. The van der Waals surface area contributed by atoms with Gasteiger partial charge in [-0.3, -0.25) is 9.59 Å². The Morgan fingerprint density at radius 1 is 0.917 bits per heavy atom. The number of hydrogen-bond donors (Lipinski definition) is 1. The largest absolute Gasteiger partial charge is 0.329 e. The molecule has 0 atom stereocenters. The molecule has 6 heteroatoms. The van der Waals surface area contributed by atoms with E-state index in [-0.39, 0.29) is 35.1 Å². The minimum absolute atomic E-state index is 0.00664. The van der Waals surface area contributed by atoms with E-state index in [1.165, 1.54) is 0 Å². The van der Waals surface area contributed by atoms with Crippen LogP contribution in [-0.2, 0) is 15.6 Å². The van der Waals surface area contributed by atoms with Crippen molar-refractivity contribution in [2.75, 3.05) is 18.4 Å². The summed E-state index contributed by atoms with van der Waals surface area (Å²) in [6.07, 6.45) is 0. The van der Waals surface area contributed by atoms with Crippen LogP contribution in [0.5, 0.6) is 0 Å². The molecule has 3 rings (SSSR count). The van der Waals surface area contributed by atoms with Gasteiger partial charge in [0.05, 0.1) is 11.4 Å². The summed E-state index contributed by atoms with van der Waals surface area (Å²) in [5, 5.41) is 7.77. The van der Waals surface area contributed by atoms with Crippen molar-refractivity contribution < 1.29 is 9.59 Å². The molecule has 0 radical (unpaired) electrons. The Labute approximate surface area is 215 Å². The number of benzene rings is 2. The average molecular weight is 489 g/mol. The molecule has 1 N–H and O–H groups in total. The number of carbonyl (C=O) groups is 2. The van der Waals surface area contributed by atoms with E-state index in [1.807, 2.05) is 74.5 Å². The summed E-state index contributed by atoms with van der Waals surface area (Å²) < 4.78 is 1.75. The lowest BCUT2D eigenvalue weighted by atomic mass is 9.86. The van der Waals surface area contributed by atoms with E-state index in [1.54, 1.807) is 9.58 Å². The number of nitrogens with one attached hydrogen (secondary N) is 1. The van der Waals surface area contributed by atoms with Gasteiger partial charge in [-0.05, 0) is 41.2 Å².